The number of pyridine rings is 1. The molecule has 0 aliphatic carbocycles. The maximum absolute atomic E-state index is 11.8. The van der Waals surface area contributed by atoms with Gasteiger partial charge < -0.3 is 20.5 Å². The fourth-order valence-corrected chi connectivity index (χ4v) is 4.00. The van der Waals surface area contributed by atoms with Crippen LogP contribution in [0.3, 0.4) is 0 Å². The van der Waals surface area contributed by atoms with Crippen LogP contribution in [0.2, 0.25) is 0 Å². The van der Waals surface area contributed by atoms with Crippen molar-refractivity contribution in [1.29, 1.82) is 0 Å². The van der Waals surface area contributed by atoms with Gasteiger partial charge in [-0.15, -0.1) is 0 Å². The lowest BCUT2D eigenvalue weighted by Crippen LogP contribution is -2.29. The summed E-state index contributed by atoms with van der Waals surface area (Å²) in [6, 6.07) is 15.8. The Labute approximate surface area is 175 Å². The number of thiocarbonyl (C=S) groups is 1. The minimum atomic E-state index is -0.0814. The number of carbonyl (C=O) groups is 1. The summed E-state index contributed by atoms with van der Waals surface area (Å²) in [5.74, 6) is -0.00121. The zero-order valence-corrected chi connectivity index (χ0v) is 17.2. The predicted molar refractivity (Wildman–Crippen MR) is 119 cm³/mol. The van der Waals surface area contributed by atoms with Crippen LogP contribution >= 0.6 is 12.2 Å². The second kappa shape index (κ2) is 8.05. The van der Waals surface area contributed by atoms with Crippen LogP contribution < -0.4 is 15.5 Å². The monoisotopic (exact) mass is 405 g/mol. The Bertz CT molecular complexity index is 1020. The van der Waals surface area contributed by atoms with Gasteiger partial charge in [0.1, 0.15) is 6.04 Å². The highest BCUT2D eigenvalue weighted by Crippen LogP contribution is 2.41. The van der Waals surface area contributed by atoms with Crippen LogP contribution in [0.1, 0.15) is 42.4 Å². The van der Waals surface area contributed by atoms with E-state index in [0.717, 1.165) is 28.3 Å². The van der Waals surface area contributed by atoms with Gasteiger partial charge in [-0.05, 0) is 67.2 Å². The second-order valence-electron chi connectivity index (χ2n) is 7.02. The molecule has 6 nitrogen and oxygen atoms in total. The van der Waals surface area contributed by atoms with Crippen LogP contribution in [0.5, 0.6) is 0 Å². The first-order valence-corrected chi connectivity index (χ1v) is 10.0. The summed E-state index contributed by atoms with van der Waals surface area (Å²) in [4.78, 5) is 21.8. The Balaban J connectivity index is 1.73. The molecule has 0 radical (unpaired) electrons. The van der Waals surface area contributed by atoms with E-state index >= 15 is 0 Å². The van der Waals surface area contributed by atoms with E-state index < -0.39 is 0 Å². The smallest absolute Gasteiger partial charge is 0.224 e. The molecule has 0 bridgehead atoms. The van der Waals surface area contributed by atoms with E-state index in [0.29, 0.717) is 11.5 Å². The first-order valence-electron chi connectivity index (χ1n) is 9.63. The summed E-state index contributed by atoms with van der Waals surface area (Å²) >= 11 is 5.72. The molecule has 1 saturated heterocycles. The van der Waals surface area contributed by atoms with E-state index in [1.807, 2.05) is 56.4 Å². The molecule has 0 spiro atoms. The van der Waals surface area contributed by atoms with Gasteiger partial charge in [-0.1, -0.05) is 13.0 Å². The molecule has 7 heteroatoms. The lowest BCUT2D eigenvalue weighted by molar-refractivity contribution is -0.115. The molecular weight excluding hydrogens is 382 g/mol. The Morgan fingerprint density at radius 3 is 2.76 bits per heavy atom. The molecule has 1 aliphatic heterocycles. The Morgan fingerprint density at radius 1 is 1.24 bits per heavy atom. The van der Waals surface area contributed by atoms with Crippen molar-refractivity contribution in [3.8, 4) is 0 Å². The number of H-pyrrole nitrogens is 1. The third-order valence-electron chi connectivity index (χ3n) is 5.12. The lowest BCUT2D eigenvalue weighted by atomic mass is 10.0. The van der Waals surface area contributed by atoms with Gasteiger partial charge in [0, 0.05) is 35.9 Å². The number of amides is 1. The van der Waals surface area contributed by atoms with Crippen molar-refractivity contribution < 1.29 is 4.79 Å². The molecule has 1 amide bonds. The summed E-state index contributed by atoms with van der Waals surface area (Å²) in [6.07, 6.45) is 4.16. The number of hydrogen-bond acceptors (Lipinski definition) is 3. The topological polar surface area (TPSA) is 73.1 Å². The minimum Gasteiger partial charge on any atom is -0.363 e. The highest BCUT2D eigenvalue weighted by atomic mass is 32.1. The van der Waals surface area contributed by atoms with Crippen molar-refractivity contribution in [3.05, 3.63) is 77.9 Å². The average molecular weight is 406 g/mol. The summed E-state index contributed by atoms with van der Waals surface area (Å²) in [6.45, 7) is 3.83. The van der Waals surface area contributed by atoms with Crippen molar-refractivity contribution in [2.24, 2.45) is 0 Å². The fourth-order valence-electron chi connectivity index (χ4n) is 3.65. The van der Waals surface area contributed by atoms with Crippen molar-refractivity contribution in [2.75, 3.05) is 10.2 Å². The molecule has 0 saturated carbocycles. The number of aromatic nitrogens is 2. The molecule has 4 rings (SSSR count). The van der Waals surface area contributed by atoms with Gasteiger partial charge in [0.05, 0.1) is 11.7 Å². The maximum atomic E-state index is 11.8. The molecule has 29 heavy (non-hydrogen) atoms. The Morgan fingerprint density at radius 2 is 2.10 bits per heavy atom. The van der Waals surface area contributed by atoms with Crippen molar-refractivity contribution in [3.63, 3.8) is 0 Å². The summed E-state index contributed by atoms with van der Waals surface area (Å²) in [5, 5.41) is 7.02. The highest BCUT2D eigenvalue weighted by molar-refractivity contribution is 7.80. The fraction of sp³-hybridized carbons (Fsp3) is 0.227. The minimum absolute atomic E-state index is 0.00121. The van der Waals surface area contributed by atoms with Gasteiger partial charge >= 0.3 is 0 Å². The van der Waals surface area contributed by atoms with Crippen LogP contribution in [-0.2, 0) is 4.79 Å². The highest BCUT2D eigenvalue weighted by Gasteiger charge is 2.41. The van der Waals surface area contributed by atoms with E-state index in [-0.39, 0.29) is 18.0 Å². The SMILES string of the molecule is CCC(=O)Nc1ccc(N2C(=S)NC(c3ccccn3)C2c2ccc[nH]2)cc1C. The number of benzene rings is 1. The van der Waals surface area contributed by atoms with E-state index in [1.54, 1.807) is 6.20 Å². The molecule has 2 aromatic heterocycles. The van der Waals surface area contributed by atoms with Crippen LogP contribution in [0.15, 0.2) is 60.9 Å². The number of aromatic amines is 1. The van der Waals surface area contributed by atoms with Gasteiger partial charge in [0.25, 0.3) is 0 Å². The zero-order chi connectivity index (χ0) is 20.4. The molecule has 1 aliphatic rings. The molecular formula is C22H23N5OS. The lowest BCUT2D eigenvalue weighted by Gasteiger charge is -2.27. The van der Waals surface area contributed by atoms with Gasteiger partial charge in [0.15, 0.2) is 5.11 Å². The first kappa shape index (κ1) is 19.1. The van der Waals surface area contributed by atoms with E-state index in [9.17, 15) is 4.79 Å². The molecule has 3 aromatic rings. The van der Waals surface area contributed by atoms with Gasteiger partial charge in [-0.3, -0.25) is 9.78 Å². The van der Waals surface area contributed by atoms with E-state index in [1.165, 1.54) is 0 Å². The molecule has 1 aromatic carbocycles. The quantitative estimate of drug-likeness (QED) is 0.554. The number of carbonyl (C=O) groups excluding carboxylic acids is 1. The first-order chi connectivity index (χ1) is 14.1. The summed E-state index contributed by atoms with van der Waals surface area (Å²) in [5.41, 5.74) is 4.75. The van der Waals surface area contributed by atoms with Crippen LogP contribution in [0, 0.1) is 6.92 Å². The van der Waals surface area contributed by atoms with E-state index in [2.05, 4.69) is 37.6 Å². The number of aryl methyl sites for hydroxylation is 1. The largest absolute Gasteiger partial charge is 0.363 e. The van der Waals surface area contributed by atoms with Gasteiger partial charge in [-0.25, -0.2) is 0 Å². The number of rotatable bonds is 5. The molecule has 3 heterocycles. The van der Waals surface area contributed by atoms with Gasteiger partial charge in [0.2, 0.25) is 5.91 Å². The standard InChI is InChI=1S/C22H23N5OS/c1-3-19(28)25-16-10-9-15(13-14(16)2)27-21(18-8-6-12-24-18)20(26-22(27)29)17-7-4-5-11-23-17/h4-13,20-21,24H,3H2,1-2H3,(H,25,28)(H,26,29). The normalized spacial score (nSPS) is 18.6. The second-order valence-corrected chi connectivity index (χ2v) is 7.41. The molecule has 2 unspecified atom stereocenters. The maximum Gasteiger partial charge on any atom is 0.224 e. The molecule has 3 N–H and O–H groups in total. The number of hydrogen-bond donors (Lipinski definition) is 3. The Kier molecular flexibility index (Phi) is 5.31. The zero-order valence-electron chi connectivity index (χ0n) is 16.3. The molecule has 2 atom stereocenters. The van der Waals surface area contributed by atoms with Crippen LogP contribution in [0.25, 0.3) is 0 Å². The predicted octanol–water partition coefficient (Wildman–Crippen LogP) is 4.24. The Hall–Kier alpha value is -3.19. The third-order valence-corrected chi connectivity index (χ3v) is 5.44. The number of nitrogens with one attached hydrogen (secondary N) is 3. The van der Waals surface area contributed by atoms with Gasteiger partial charge in [-0.2, -0.15) is 0 Å². The molecule has 1 fully saturated rings. The van der Waals surface area contributed by atoms with E-state index in [4.69, 9.17) is 12.2 Å². The number of anilines is 2. The third kappa shape index (κ3) is 3.73. The van der Waals surface area contributed by atoms with Crippen molar-refractivity contribution >= 4 is 34.6 Å². The van der Waals surface area contributed by atoms with Crippen molar-refractivity contribution in [2.45, 2.75) is 32.4 Å². The van der Waals surface area contributed by atoms with Crippen molar-refractivity contribution in [1.82, 2.24) is 15.3 Å². The summed E-state index contributed by atoms with van der Waals surface area (Å²) in [7, 11) is 0. The molecule has 148 valence electrons. The van der Waals surface area contributed by atoms with Crippen LogP contribution in [-0.4, -0.2) is 21.0 Å². The van der Waals surface area contributed by atoms with Crippen LogP contribution in [0.4, 0.5) is 11.4 Å². The average Bonchev–Trinajstić information content (AvgIpc) is 3.37. The summed E-state index contributed by atoms with van der Waals surface area (Å²) < 4.78 is 0. The number of nitrogens with zero attached hydrogens (tertiary/aromatic N) is 2.